The van der Waals surface area contributed by atoms with Gasteiger partial charge in [-0.15, -0.1) is 0 Å². The third kappa shape index (κ3) is 27.9. The number of phenols is 1. The molecule has 4 heterocycles. The van der Waals surface area contributed by atoms with E-state index in [0.29, 0.717) is 50.7 Å². The van der Waals surface area contributed by atoms with E-state index in [9.17, 15) is 73.2 Å². The number of carboxylic acids is 1. The molecule has 34 nitrogen and oxygen atoms in total. The van der Waals surface area contributed by atoms with Gasteiger partial charge in [-0.1, -0.05) is 96.0 Å². The summed E-state index contributed by atoms with van der Waals surface area (Å²) in [4.78, 5) is 201. The van der Waals surface area contributed by atoms with Gasteiger partial charge in [-0.3, -0.25) is 62.3 Å². The lowest BCUT2D eigenvalue weighted by Gasteiger charge is -2.32. The quantitative estimate of drug-likeness (QED) is 0.0536. The van der Waals surface area contributed by atoms with Crippen molar-refractivity contribution < 1.29 is 87.5 Å². The number of imidazole rings is 1. The summed E-state index contributed by atoms with van der Waals surface area (Å²) in [6.07, 6.45) is 0.206. The zero-order chi connectivity index (χ0) is 83.3. The molecule has 0 spiro atoms. The predicted molar refractivity (Wildman–Crippen MR) is 424 cm³/mol. The van der Waals surface area contributed by atoms with Gasteiger partial charge < -0.3 is 99.3 Å². The molecule has 1 aliphatic rings. The zero-order valence-electron chi connectivity index (χ0n) is 64.8. The molecule has 1 aliphatic heterocycles. The molecule has 114 heavy (non-hydrogen) atoms. The van der Waals surface area contributed by atoms with E-state index in [4.69, 9.17) is 10.5 Å². The van der Waals surface area contributed by atoms with Crippen LogP contribution in [0.25, 0.3) is 11.0 Å². The average Bonchev–Trinajstić information content (AvgIpc) is 1.74. The number of nitrogens with one attached hydrogen (secondary N) is 13. The van der Waals surface area contributed by atoms with Crippen LogP contribution in [0.2, 0.25) is 0 Å². The molecule has 0 aliphatic carbocycles. The van der Waals surface area contributed by atoms with Crippen molar-refractivity contribution in [3.8, 4) is 11.5 Å². The van der Waals surface area contributed by atoms with E-state index < -0.39 is 174 Å². The molecular formula is C78H104N16O18S2. The summed E-state index contributed by atoms with van der Waals surface area (Å²) < 4.78 is 5.37. The number of ether oxygens (including phenoxy) is 1. The van der Waals surface area contributed by atoms with Crippen molar-refractivity contribution in [3.05, 3.63) is 143 Å². The minimum Gasteiger partial charge on any atom is -0.508 e. The number of pyridine rings is 1. The molecule has 3 aromatic heterocycles. The van der Waals surface area contributed by atoms with Gasteiger partial charge in [0.2, 0.25) is 70.9 Å². The number of hydrogen-bond acceptors (Lipinski definition) is 21. The Labute approximate surface area is 667 Å². The molecule has 2 bridgehead atoms. The second-order valence-corrected chi connectivity index (χ2v) is 31.1. The number of nitrogens with two attached hydrogens (primary N) is 1. The lowest BCUT2D eigenvalue weighted by molar-refractivity contribution is -0.139. The number of benzene rings is 3. The maximum Gasteiger partial charge on any atom is 0.303 e. The highest BCUT2D eigenvalue weighted by atomic mass is 32.2. The van der Waals surface area contributed by atoms with E-state index in [1.165, 1.54) is 93.7 Å². The topological polar surface area (TPSA) is 528 Å². The normalized spacial score (nSPS) is 23.4. The number of aromatic hydroxyl groups is 1. The van der Waals surface area contributed by atoms with Crippen LogP contribution < -0.4 is 69.0 Å². The van der Waals surface area contributed by atoms with Crippen LogP contribution in [0, 0.1) is 5.41 Å². The number of phenolic OH excluding ortho intramolecular Hbond substituents is 1. The molecule has 0 saturated carbocycles. The summed E-state index contributed by atoms with van der Waals surface area (Å²) in [5.74, 6) is -11.4. The second kappa shape index (κ2) is 43.8. The number of carbonyl (C=O) groups excluding carboxylic acids is 12. The van der Waals surface area contributed by atoms with Crippen LogP contribution >= 0.6 is 23.5 Å². The van der Waals surface area contributed by atoms with Crippen molar-refractivity contribution in [2.24, 2.45) is 11.1 Å². The second-order valence-electron chi connectivity index (χ2n) is 29.0. The highest BCUT2D eigenvalue weighted by molar-refractivity contribution is 7.98. The first-order valence-electron chi connectivity index (χ1n) is 37.5. The van der Waals surface area contributed by atoms with E-state index in [1.807, 2.05) is 24.3 Å². The maximum atomic E-state index is 15.1. The first-order valence-corrected chi connectivity index (χ1v) is 39.8. The molecule has 36 heteroatoms. The predicted octanol–water partition coefficient (Wildman–Crippen LogP) is 0.932. The number of methoxy groups -OCH3 is 1. The van der Waals surface area contributed by atoms with Crippen molar-refractivity contribution in [2.75, 3.05) is 18.6 Å². The Morgan fingerprint density at radius 1 is 0.561 bits per heavy atom. The fourth-order valence-electron chi connectivity index (χ4n) is 12.4. The SMILES string of the molecule is CCC[C@@H]1NC(=O)[C@H](Cc2c[nH]c3ncccc23)NC(=O)[C@H]([C@@H](C)O)NC(=O)[C@H](Cc2c[nH]cn2)NC(=O)[C@H](Cc2ccc(OC)cc2)NC(=O)[C@H](C(C)(C)C)NC(=O)CCSCc2cccc(c2)CSC[C@@H](C(N)=O)NC(=O)[C@H]([C@@H](C)O)NC(=O)[C@H](CCC)NC(=O)[C@H](Cc2ccc(O)cc2)NC(=O)[C@H](CCC(=O)O)NC1=O. The maximum absolute atomic E-state index is 15.1. The molecule has 19 N–H and O–H groups in total. The Balaban J connectivity index is 1.25. The number of aliphatic carboxylic acids is 1. The van der Waals surface area contributed by atoms with E-state index >= 15 is 9.59 Å². The third-order valence-corrected chi connectivity index (χ3v) is 20.8. The van der Waals surface area contributed by atoms with Gasteiger partial charge >= 0.3 is 5.97 Å². The molecule has 0 unspecified atom stereocenters. The van der Waals surface area contributed by atoms with Gasteiger partial charge in [0.15, 0.2) is 0 Å². The summed E-state index contributed by atoms with van der Waals surface area (Å²) in [6, 6.07) is 5.63. The Morgan fingerprint density at radius 2 is 1.04 bits per heavy atom. The van der Waals surface area contributed by atoms with Gasteiger partial charge in [0.25, 0.3) is 0 Å². The summed E-state index contributed by atoms with van der Waals surface area (Å²) in [5, 5.41) is 72.0. The molecule has 13 atom stereocenters. The molecule has 3 aromatic carbocycles. The van der Waals surface area contributed by atoms with Gasteiger partial charge in [0.05, 0.1) is 31.3 Å². The van der Waals surface area contributed by atoms with E-state index in [2.05, 4.69) is 78.4 Å². The highest BCUT2D eigenvalue weighted by Gasteiger charge is 2.40. The van der Waals surface area contributed by atoms with E-state index in [0.717, 1.165) is 11.1 Å². The molecule has 616 valence electrons. The van der Waals surface area contributed by atoms with Crippen molar-refractivity contribution in [3.63, 3.8) is 0 Å². The van der Waals surface area contributed by atoms with Crippen LogP contribution in [-0.4, -0.2) is 215 Å². The first-order chi connectivity index (χ1) is 54.2. The summed E-state index contributed by atoms with van der Waals surface area (Å²) >= 11 is 2.69. The lowest BCUT2D eigenvalue weighted by atomic mass is 9.85. The van der Waals surface area contributed by atoms with Crippen LogP contribution in [0.3, 0.4) is 0 Å². The number of rotatable bonds is 19. The molecule has 0 fully saturated rings. The Hall–Kier alpha value is -11.1. The van der Waals surface area contributed by atoms with Crippen LogP contribution in [0.15, 0.2) is 110 Å². The molecule has 6 aromatic rings. The van der Waals surface area contributed by atoms with Crippen molar-refractivity contribution >= 4 is 111 Å². The number of aromatic nitrogens is 4. The average molecular weight is 1620 g/mol. The number of fused-ring (bicyclic) bond motifs is 3. The number of amides is 12. The number of carboxylic acid groups (broad SMARTS) is 1. The fraction of sp³-hybridized carbons (Fsp3) is 0.474. The Morgan fingerprint density at radius 3 is 1.56 bits per heavy atom. The number of aromatic amines is 2. The third-order valence-electron chi connectivity index (χ3n) is 18.6. The molecule has 12 amide bonds. The number of carbonyl (C=O) groups is 13. The number of nitrogens with zero attached hydrogens (tertiary/aromatic N) is 2. The molecule has 0 saturated heterocycles. The monoisotopic (exact) mass is 1620 g/mol. The minimum absolute atomic E-state index is 0.0295. The number of aliphatic hydroxyl groups is 2. The van der Waals surface area contributed by atoms with Crippen molar-refractivity contribution in [2.45, 2.75) is 209 Å². The Bertz CT molecular complexity index is 4290. The van der Waals surface area contributed by atoms with Crippen molar-refractivity contribution in [1.82, 2.24) is 78.4 Å². The first kappa shape index (κ1) is 90.1. The zero-order valence-corrected chi connectivity index (χ0v) is 66.4. The highest BCUT2D eigenvalue weighted by Crippen LogP contribution is 2.25. The number of hydrogen-bond donors (Lipinski definition) is 18. The minimum atomic E-state index is -1.90. The van der Waals surface area contributed by atoms with Gasteiger partial charge in [0.1, 0.15) is 83.6 Å². The molecular weight excluding hydrogens is 1510 g/mol. The standard InChI is InChI=1S/C78H104N16O18S2/c1-9-13-53-68(102)86-55(26-27-62(99)100)69(103)87-56(32-44-18-22-50(97)23-19-44)71(105)85-54(14-10-2)70(104)93-64(43(4)96)76(110)91-60(66(79)101)40-114-39-47-16-11-15-46(31-47)38-113-30-28-61(98)92-65(78(5,6)7)77(111)90-57(33-45-20-24-51(112-8)25-21-45)72(106)88-59(35-49-37-80-41-83-49)74(108)94-63(42(3)95)75(109)89-58(73(107)84-53)34-48-36-82-67-52(48)17-12-29-81-67/h11-12,15-25,29,31,36-37,41-43,53-60,63-65,95-97H,9-10,13-14,26-28,30,32-35,38-40H2,1-8H3,(H2,79,101)(H,80,83)(H,81,82)(H,84,107)(H,85,105)(H,86,102)(H,87,103)(H,88,106)(H,89,109)(H,90,111)(H,91,110)(H,92,98)(H,93,104)(H,94,108)(H,99,100)/t42-,43-,53+,54+,55+,56+,57+,58+,59+,60+,63+,64+,65-/m1/s1. The lowest BCUT2D eigenvalue weighted by Crippen LogP contribution is -2.63. The number of thioether (sulfide) groups is 2. The van der Waals surface area contributed by atoms with Crippen LogP contribution in [0.1, 0.15) is 127 Å². The van der Waals surface area contributed by atoms with Crippen LogP contribution in [-0.2, 0) is 99.5 Å². The van der Waals surface area contributed by atoms with Gasteiger partial charge in [-0.05, 0) is 103 Å². The Kier molecular flexibility index (Phi) is 34.6. The molecule has 7 rings (SSSR count). The number of aliphatic hydroxyl groups excluding tert-OH is 2. The smallest absolute Gasteiger partial charge is 0.303 e. The van der Waals surface area contributed by atoms with Crippen LogP contribution in [0.5, 0.6) is 11.5 Å². The summed E-state index contributed by atoms with van der Waals surface area (Å²) in [5.41, 5.74) is 8.51. The summed E-state index contributed by atoms with van der Waals surface area (Å²) in [7, 11) is 1.47. The van der Waals surface area contributed by atoms with Crippen LogP contribution in [0.4, 0.5) is 0 Å². The molecule has 0 radical (unpaired) electrons. The largest absolute Gasteiger partial charge is 0.508 e. The van der Waals surface area contributed by atoms with Gasteiger partial charge in [0, 0.05) is 85.5 Å². The summed E-state index contributed by atoms with van der Waals surface area (Å²) in [6.45, 7) is 10.9. The van der Waals surface area contributed by atoms with Gasteiger partial charge in [-0.2, -0.15) is 23.5 Å². The number of H-pyrrole nitrogens is 2. The fourth-order valence-corrected chi connectivity index (χ4v) is 14.3. The van der Waals surface area contributed by atoms with E-state index in [1.54, 1.807) is 71.0 Å². The van der Waals surface area contributed by atoms with Gasteiger partial charge in [-0.25, -0.2) is 9.97 Å². The number of primary amides is 1. The van der Waals surface area contributed by atoms with E-state index in [-0.39, 0.29) is 75.0 Å². The van der Waals surface area contributed by atoms with Crippen molar-refractivity contribution in [1.29, 1.82) is 0 Å².